The molecule has 1 aliphatic rings. The summed E-state index contributed by atoms with van der Waals surface area (Å²) in [5.41, 5.74) is 0. The third kappa shape index (κ3) is 8.70. The van der Waals surface area contributed by atoms with Crippen molar-refractivity contribution in [2.24, 2.45) is 5.92 Å². The van der Waals surface area contributed by atoms with Gasteiger partial charge in [-0.05, 0) is 32.4 Å². The highest BCUT2D eigenvalue weighted by Gasteiger charge is 2.33. The minimum atomic E-state index is -0.264. The molecule has 0 aromatic heterocycles. The lowest BCUT2D eigenvalue weighted by Gasteiger charge is -2.20. The van der Waals surface area contributed by atoms with E-state index in [4.69, 9.17) is 9.47 Å². The topological polar surface area (TPSA) is 38.8 Å². The van der Waals surface area contributed by atoms with Crippen LogP contribution in [0.25, 0.3) is 0 Å². The number of rotatable bonds is 12. The van der Waals surface area contributed by atoms with Crippen LogP contribution in [0.3, 0.4) is 0 Å². The van der Waals surface area contributed by atoms with Crippen molar-refractivity contribution in [2.45, 2.75) is 71.8 Å². The van der Waals surface area contributed by atoms with Gasteiger partial charge in [0, 0.05) is 26.0 Å². The predicted molar refractivity (Wildman–Crippen MR) is 97.7 cm³/mol. The first-order valence-corrected chi connectivity index (χ1v) is 9.70. The Kier molecular flexibility index (Phi) is 11.6. The van der Waals surface area contributed by atoms with Crippen LogP contribution in [0.1, 0.15) is 65.7 Å². The molecule has 4 heteroatoms. The van der Waals surface area contributed by atoms with Gasteiger partial charge in [-0.2, -0.15) is 0 Å². The van der Waals surface area contributed by atoms with Crippen molar-refractivity contribution in [1.82, 2.24) is 4.90 Å². The summed E-state index contributed by atoms with van der Waals surface area (Å²) in [6.07, 6.45) is 7.30. The maximum atomic E-state index is 11.8. The Bertz CT molecular complexity index is 391. The Morgan fingerprint density at radius 2 is 1.83 bits per heavy atom. The first-order chi connectivity index (χ1) is 11.7. The molecule has 0 radical (unpaired) electrons. The molecule has 1 saturated heterocycles. The van der Waals surface area contributed by atoms with Gasteiger partial charge >= 0.3 is 5.97 Å². The van der Waals surface area contributed by atoms with E-state index < -0.39 is 0 Å². The highest BCUT2D eigenvalue weighted by atomic mass is 16.6. The summed E-state index contributed by atoms with van der Waals surface area (Å²) in [4.78, 5) is 14.3. The molecule has 0 aliphatic carbocycles. The van der Waals surface area contributed by atoms with Gasteiger partial charge in [0.05, 0.1) is 6.61 Å². The molecular formula is C20H35NO3. The van der Waals surface area contributed by atoms with Crippen molar-refractivity contribution in [3.63, 3.8) is 0 Å². The third-order valence-corrected chi connectivity index (χ3v) is 4.20. The predicted octanol–water partition coefficient (Wildman–Crippen LogP) is 3.64. The lowest BCUT2D eigenvalue weighted by molar-refractivity contribution is -0.144. The number of hydrogen-bond acceptors (Lipinski definition) is 4. The fourth-order valence-corrected chi connectivity index (χ4v) is 2.74. The van der Waals surface area contributed by atoms with Crippen molar-refractivity contribution in [3.8, 4) is 11.8 Å². The summed E-state index contributed by atoms with van der Waals surface area (Å²) in [5.74, 6) is 5.86. The van der Waals surface area contributed by atoms with Crippen molar-refractivity contribution in [1.29, 1.82) is 0 Å². The average molecular weight is 338 g/mol. The van der Waals surface area contributed by atoms with E-state index in [9.17, 15) is 4.79 Å². The van der Waals surface area contributed by atoms with Gasteiger partial charge in [-0.1, -0.05) is 39.5 Å². The molecule has 0 aromatic carbocycles. The molecule has 1 fully saturated rings. The largest absolute Gasteiger partial charge is 0.459 e. The van der Waals surface area contributed by atoms with Gasteiger partial charge in [-0.3, -0.25) is 4.79 Å². The molecule has 24 heavy (non-hydrogen) atoms. The number of carbonyl (C=O) groups excluding carboxylic acids is 1. The van der Waals surface area contributed by atoms with Gasteiger partial charge in [-0.25, -0.2) is 0 Å². The van der Waals surface area contributed by atoms with E-state index in [0.717, 1.165) is 39.1 Å². The smallest absolute Gasteiger partial charge is 0.321 e. The Morgan fingerprint density at radius 1 is 1.12 bits per heavy atom. The molecular weight excluding hydrogens is 302 g/mol. The standard InChI is InChI=1S/C20H35NO3/c1-4-7-12-21(13-8-5-2)14-10-9-11-18-16-19(24-20(18)22)17-23-15-6-3/h18-19H,4-8,10,12-17H2,1-3H3/t18-,19+/m1/s1. The molecule has 0 aromatic rings. The van der Waals surface area contributed by atoms with Gasteiger partial charge < -0.3 is 14.4 Å². The SMILES string of the molecule is CCCCN(CCC#C[C@@H]1C[C@@H](COCCC)OC1=O)CCCC. The summed E-state index contributed by atoms with van der Waals surface area (Å²) in [6, 6.07) is 0. The fourth-order valence-electron chi connectivity index (χ4n) is 2.74. The fraction of sp³-hybridized carbons (Fsp3) is 0.850. The second-order valence-electron chi connectivity index (χ2n) is 6.54. The zero-order valence-electron chi connectivity index (χ0n) is 15.8. The van der Waals surface area contributed by atoms with Crippen LogP contribution in [0, 0.1) is 17.8 Å². The second-order valence-corrected chi connectivity index (χ2v) is 6.54. The van der Waals surface area contributed by atoms with E-state index in [-0.39, 0.29) is 18.0 Å². The van der Waals surface area contributed by atoms with E-state index in [0.29, 0.717) is 13.0 Å². The van der Waals surface area contributed by atoms with Crippen molar-refractivity contribution < 1.29 is 14.3 Å². The molecule has 0 N–H and O–H groups in total. The zero-order chi connectivity index (χ0) is 17.6. The Hall–Kier alpha value is -1.05. The summed E-state index contributed by atoms with van der Waals surface area (Å²) in [5, 5.41) is 0. The number of carbonyl (C=O) groups is 1. The molecule has 1 heterocycles. The Balaban J connectivity index is 2.31. The molecule has 2 atom stereocenters. The molecule has 0 amide bonds. The van der Waals surface area contributed by atoms with Crippen LogP contribution >= 0.6 is 0 Å². The summed E-state index contributed by atoms with van der Waals surface area (Å²) < 4.78 is 10.8. The molecule has 4 nitrogen and oxygen atoms in total. The Labute approximate surface area is 148 Å². The highest BCUT2D eigenvalue weighted by molar-refractivity contribution is 5.77. The summed E-state index contributed by atoms with van der Waals surface area (Å²) >= 11 is 0. The molecule has 0 bridgehead atoms. The van der Waals surface area contributed by atoms with E-state index in [2.05, 4.69) is 37.5 Å². The quantitative estimate of drug-likeness (QED) is 0.310. The minimum absolute atomic E-state index is 0.117. The molecule has 0 unspecified atom stereocenters. The minimum Gasteiger partial charge on any atom is -0.459 e. The number of esters is 1. The number of unbranched alkanes of at least 4 members (excludes halogenated alkanes) is 2. The molecule has 138 valence electrons. The normalized spacial score (nSPS) is 20.1. The number of ether oxygens (including phenoxy) is 2. The maximum absolute atomic E-state index is 11.8. The van der Waals surface area contributed by atoms with Crippen LogP contribution in [-0.4, -0.2) is 49.8 Å². The maximum Gasteiger partial charge on any atom is 0.321 e. The van der Waals surface area contributed by atoms with Gasteiger partial charge in [-0.15, -0.1) is 5.92 Å². The van der Waals surface area contributed by atoms with Gasteiger partial charge in [0.15, 0.2) is 0 Å². The van der Waals surface area contributed by atoms with Gasteiger partial charge in [0.1, 0.15) is 12.0 Å². The monoisotopic (exact) mass is 337 g/mol. The lowest BCUT2D eigenvalue weighted by Crippen LogP contribution is -2.27. The van der Waals surface area contributed by atoms with Crippen molar-refractivity contribution in [3.05, 3.63) is 0 Å². The van der Waals surface area contributed by atoms with Crippen LogP contribution < -0.4 is 0 Å². The first kappa shape index (κ1) is 21.0. The van der Waals surface area contributed by atoms with E-state index in [1.165, 1.54) is 25.7 Å². The number of nitrogens with zero attached hydrogens (tertiary/aromatic N) is 1. The van der Waals surface area contributed by atoms with Crippen LogP contribution in [0.5, 0.6) is 0 Å². The number of hydrogen-bond donors (Lipinski definition) is 0. The van der Waals surface area contributed by atoms with E-state index in [1.807, 2.05) is 0 Å². The van der Waals surface area contributed by atoms with Gasteiger partial charge in [0.2, 0.25) is 0 Å². The van der Waals surface area contributed by atoms with Crippen LogP contribution in [0.2, 0.25) is 0 Å². The highest BCUT2D eigenvalue weighted by Crippen LogP contribution is 2.20. The van der Waals surface area contributed by atoms with Crippen molar-refractivity contribution in [2.75, 3.05) is 32.8 Å². The average Bonchev–Trinajstić information content (AvgIpc) is 2.93. The van der Waals surface area contributed by atoms with Crippen LogP contribution in [0.4, 0.5) is 0 Å². The van der Waals surface area contributed by atoms with E-state index >= 15 is 0 Å². The molecule has 0 saturated carbocycles. The number of cyclic esters (lactones) is 1. The molecule has 1 aliphatic heterocycles. The first-order valence-electron chi connectivity index (χ1n) is 9.70. The Morgan fingerprint density at radius 3 is 2.46 bits per heavy atom. The zero-order valence-corrected chi connectivity index (χ0v) is 15.8. The summed E-state index contributed by atoms with van der Waals surface area (Å²) in [7, 11) is 0. The molecule has 0 spiro atoms. The second kappa shape index (κ2) is 13.3. The van der Waals surface area contributed by atoms with E-state index in [1.54, 1.807) is 0 Å². The van der Waals surface area contributed by atoms with Crippen LogP contribution in [-0.2, 0) is 14.3 Å². The van der Waals surface area contributed by atoms with Crippen LogP contribution in [0.15, 0.2) is 0 Å². The molecule has 1 rings (SSSR count). The third-order valence-electron chi connectivity index (χ3n) is 4.20. The van der Waals surface area contributed by atoms with Gasteiger partial charge in [0.25, 0.3) is 0 Å². The summed E-state index contributed by atoms with van der Waals surface area (Å²) in [6.45, 7) is 11.0. The lowest BCUT2D eigenvalue weighted by atomic mass is 10.1. The van der Waals surface area contributed by atoms with Crippen molar-refractivity contribution >= 4 is 5.97 Å².